The normalized spacial score (nSPS) is 13.1. The van der Waals surface area contributed by atoms with Gasteiger partial charge >= 0.3 is 0 Å². The van der Waals surface area contributed by atoms with Gasteiger partial charge in [-0.25, -0.2) is 13.8 Å². The smallest absolute Gasteiger partial charge is 0.244 e. The van der Waals surface area contributed by atoms with E-state index in [-0.39, 0.29) is 23.3 Å². The molecule has 0 spiro atoms. The molecule has 190 valence electrons. The Morgan fingerprint density at radius 2 is 1.84 bits per heavy atom. The maximum Gasteiger partial charge on any atom is 0.244 e. The van der Waals surface area contributed by atoms with Crippen molar-refractivity contribution in [2.24, 2.45) is 5.73 Å². The van der Waals surface area contributed by atoms with Crippen LogP contribution in [0.1, 0.15) is 17.0 Å². The van der Waals surface area contributed by atoms with Gasteiger partial charge in [0.05, 0.1) is 29.2 Å². The van der Waals surface area contributed by atoms with Gasteiger partial charge in [0.1, 0.15) is 29.0 Å². The molecule has 4 aromatic rings. The molecule has 3 N–H and O–H groups in total. The van der Waals surface area contributed by atoms with Crippen molar-refractivity contribution in [3.63, 3.8) is 0 Å². The molecule has 0 aliphatic carbocycles. The number of hydrogen-bond donors (Lipinski definition) is 2. The number of nitrogens with zero attached hydrogens (tertiary/aromatic N) is 4. The molecule has 7 nitrogen and oxygen atoms in total. The summed E-state index contributed by atoms with van der Waals surface area (Å²) in [6.45, 7) is 0.140. The second kappa shape index (κ2) is 10.5. The summed E-state index contributed by atoms with van der Waals surface area (Å²) < 4.78 is 29.4. The minimum absolute atomic E-state index is 0.00369. The highest BCUT2D eigenvalue weighted by molar-refractivity contribution is 6.30. The van der Waals surface area contributed by atoms with Crippen LogP contribution in [0.2, 0.25) is 5.02 Å². The third-order valence-corrected chi connectivity index (χ3v) is 6.44. The lowest BCUT2D eigenvalue weighted by Crippen LogP contribution is -2.43. The van der Waals surface area contributed by atoms with Crippen molar-refractivity contribution in [1.29, 1.82) is 5.26 Å². The molecule has 0 saturated carbocycles. The molecule has 1 aromatic heterocycles. The Kier molecular flexibility index (Phi) is 6.92. The Balaban J connectivity index is 1.42. The molecular formula is C28H21ClF2N6O. The second-order valence-electron chi connectivity index (χ2n) is 8.74. The predicted molar refractivity (Wildman–Crippen MR) is 141 cm³/mol. The third-order valence-electron chi connectivity index (χ3n) is 6.13. The molecule has 1 aliphatic rings. The lowest BCUT2D eigenvalue weighted by Gasteiger charge is -2.25. The van der Waals surface area contributed by atoms with Crippen LogP contribution < -0.4 is 11.1 Å². The van der Waals surface area contributed by atoms with Gasteiger partial charge in [-0.2, -0.15) is 5.26 Å². The van der Waals surface area contributed by atoms with Crippen LogP contribution in [0, 0.1) is 23.0 Å². The number of carbonyl (C=O) groups is 1. The topological polar surface area (TPSA) is 100.0 Å². The third kappa shape index (κ3) is 5.13. The Morgan fingerprint density at radius 1 is 1.11 bits per heavy atom. The average molecular weight is 531 g/mol. The molecule has 0 saturated heterocycles. The Bertz CT molecular complexity index is 1570. The summed E-state index contributed by atoms with van der Waals surface area (Å²) in [5.74, 6) is -0.222. The molecule has 38 heavy (non-hydrogen) atoms. The van der Waals surface area contributed by atoms with Crippen molar-refractivity contribution < 1.29 is 13.6 Å². The van der Waals surface area contributed by atoms with Crippen LogP contribution >= 0.6 is 11.6 Å². The number of anilines is 2. The molecule has 0 radical (unpaired) electrons. The van der Waals surface area contributed by atoms with Crippen molar-refractivity contribution >= 4 is 35.2 Å². The van der Waals surface area contributed by atoms with Crippen molar-refractivity contribution in [1.82, 2.24) is 14.5 Å². The van der Waals surface area contributed by atoms with E-state index in [2.05, 4.69) is 11.4 Å². The summed E-state index contributed by atoms with van der Waals surface area (Å²) in [6.07, 6.45) is 3.58. The van der Waals surface area contributed by atoms with Gasteiger partial charge in [-0.15, -0.1) is 0 Å². The van der Waals surface area contributed by atoms with Gasteiger partial charge < -0.3 is 16.0 Å². The zero-order valence-electron chi connectivity index (χ0n) is 19.9. The van der Waals surface area contributed by atoms with Gasteiger partial charge in [-0.05, 0) is 66.6 Å². The van der Waals surface area contributed by atoms with E-state index < -0.39 is 11.9 Å². The number of halogens is 3. The minimum atomic E-state index is -0.805. The first-order valence-electron chi connectivity index (χ1n) is 11.6. The summed E-state index contributed by atoms with van der Waals surface area (Å²) in [6, 6.07) is 18.3. The maximum absolute atomic E-state index is 14.1. The molecule has 5 rings (SSSR count). The van der Waals surface area contributed by atoms with Gasteiger partial charge in [-0.1, -0.05) is 23.7 Å². The van der Waals surface area contributed by atoms with Crippen LogP contribution in [0.4, 0.5) is 20.3 Å². The number of fused-ring (bicyclic) bond motifs is 1. The van der Waals surface area contributed by atoms with E-state index in [9.17, 15) is 13.6 Å². The van der Waals surface area contributed by atoms with Gasteiger partial charge in [0, 0.05) is 23.7 Å². The molecule has 1 amide bonds. The van der Waals surface area contributed by atoms with Crippen LogP contribution in [0.25, 0.3) is 17.5 Å². The summed E-state index contributed by atoms with van der Waals surface area (Å²) >= 11 is 5.83. The number of amides is 1. The number of carbonyl (C=O) groups excluding carboxylic acids is 1. The number of nitriles is 1. The van der Waals surface area contributed by atoms with E-state index in [1.165, 1.54) is 29.2 Å². The standard InChI is InChI=1S/C28H21ClF2N6O/c29-22-10-9-21(14-23(22)31)34-27-26(19-5-7-20(30)8-6-19)35-25-16-36(11-12-37(25)27)28(38)24(33)13-17-1-3-18(15-32)4-2-17/h1-12,14,24,34H,13,16,33H2. The molecule has 1 atom stereocenters. The van der Waals surface area contributed by atoms with E-state index in [1.807, 2.05) is 0 Å². The van der Waals surface area contributed by atoms with Crippen molar-refractivity contribution in [3.05, 3.63) is 107 Å². The summed E-state index contributed by atoms with van der Waals surface area (Å²) in [5, 5.41) is 12.1. The van der Waals surface area contributed by atoms with E-state index in [0.717, 1.165) is 5.56 Å². The zero-order valence-corrected chi connectivity index (χ0v) is 20.7. The first-order chi connectivity index (χ1) is 18.3. The van der Waals surface area contributed by atoms with Crippen LogP contribution in [-0.4, -0.2) is 26.4 Å². The van der Waals surface area contributed by atoms with Crippen molar-refractivity contribution in [2.75, 3.05) is 5.32 Å². The lowest BCUT2D eigenvalue weighted by molar-refractivity contribution is -0.130. The van der Waals surface area contributed by atoms with Crippen LogP contribution in [-0.2, 0) is 17.8 Å². The molecule has 2 heterocycles. The molecule has 0 bridgehead atoms. The Labute approximate surface area is 222 Å². The number of nitrogens with two attached hydrogens (primary N) is 1. The monoisotopic (exact) mass is 530 g/mol. The number of nitrogens with one attached hydrogen (secondary N) is 1. The highest BCUT2D eigenvalue weighted by atomic mass is 35.5. The summed E-state index contributed by atoms with van der Waals surface area (Å²) in [5.41, 5.74) is 9.17. The molecule has 1 aliphatic heterocycles. The van der Waals surface area contributed by atoms with Crippen LogP contribution in [0.3, 0.4) is 0 Å². The fourth-order valence-corrected chi connectivity index (χ4v) is 4.28. The maximum atomic E-state index is 14.1. The average Bonchev–Trinajstić information content (AvgIpc) is 3.28. The van der Waals surface area contributed by atoms with Gasteiger partial charge in [0.25, 0.3) is 0 Å². The fraction of sp³-hybridized carbons (Fsp3) is 0.107. The highest BCUT2D eigenvalue weighted by Crippen LogP contribution is 2.34. The van der Waals surface area contributed by atoms with Gasteiger partial charge in [-0.3, -0.25) is 9.36 Å². The Hall–Kier alpha value is -4.52. The van der Waals surface area contributed by atoms with Crippen molar-refractivity contribution in [2.45, 2.75) is 19.0 Å². The van der Waals surface area contributed by atoms with E-state index in [1.54, 1.807) is 59.4 Å². The molecular weight excluding hydrogens is 510 g/mol. The molecule has 0 fully saturated rings. The number of benzene rings is 3. The SMILES string of the molecule is N#Cc1ccc(CC(N)C(=O)N2C=Cn3c(nc(-c4ccc(F)cc4)c3Nc3ccc(Cl)c(F)c3)C2)cc1. The first-order valence-corrected chi connectivity index (χ1v) is 12.0. The highest BCUT2D eigenvalue weighted by Gasteiger charge is 2.27. The van der Waals surface area contributed by atoms with Gasteiger partial charge in [0.2, 0.25) is 5.91 Å². The lowest BCUT2D eigenvalue weighted by atomic mass is 10.0. The predicted octanol–water partition coefficient (Wildman–Crippen LogP) is 5.44. The minimum Gasteiger partial charge on any atom is -0.339 e. The number of rotatable bonds is 6. The van der Waals surface area contributed by atoms with Gasteiger partial charge in [0.15, 0.2) is 0 Å². The first kappa shape index (κ1) is 25.1. The van der Waals surface area contributed by atoms with E-state index in [0.29, 0.717) is 40.6 Å². The number of imidazole rings is 1. The second-order valence-corrected chi connectivity index (χ2v) is 9.15. The summed E-state index contributed by atoms with van der Waals surface area (Å²) in [4.78, 5) is 19.4. The van der Waals surface area contributed by atoms with Crippen molar-refractivity contribution in [3.8, 4) is 17.3 Å². The van der Waals surface area contributed by atoms with Crippen LogP contribution in [0.5, 0.6) is 0 Å². The quantitative estimate of drug-likeness (QED) is 0.346. The zero-order chi connectivity index (χ0) is 26.8. The van der Waals surface area contributed by atoms with E-state index >= 15 is 0 Å². The number of aromatic nitrogens is 2. The molecule has 10 heteroatoms. The summed E-state index contributed by atoms with van der Waals surface area (Å²) in [7, 11) is 0. The van der Waals surface area contributed by atoms with E-state index in [4.69, 9.17) is 27.6 Å². The Morgan fingerprint density at radius 3 is 2.53 bits per heavy atom. The molecule has 1 unspecified atom stereocenters. The largest absolute Gasteiger partial charge is 0.339 e. The number of hydrogen-bond acceptors (Lipinski definition) is 5. The van der Waals surface area contributed by atoms with Crippen LogP contribution in [0.15, 0.2) is 72.9 Å². The molecule has 3 aromatic carbocycles. The fourth-order valence-electron chi connectivity index (χ4n) is 4.16.